The van der Waals surface area contributed by atoms with Crippen molar-refractivity contribution in [3.8, 4) is 5.75 Å². The van der Waals surface area contributed by atoms with Crippen LogP contribution in [0.25, 0.3) is 0 Å². The average molecular weight is 295 g/mol. The molecule has 2 aromatic carbocycles. The molecule has 0 aliphatic heterocycles. The molecule has 106 valence electrons. The van der Waals surface area contributed by atoms with Gasteiger partial charge in [-0.3, -0.25) is 0 Å². The molecule has 0 spiro atoms. The van der Waals surface area contributed by atoms with Crippen molar-refractivity contribution in [1.29, 1.82) is 0 Å². The van der Waals surface area contributed by atoms with E-state index in [0.29, 0.717) is 22.9 Å². The summed E-state index contributed by atoms with van der Waals surface area (Å²) in [5.74, 6) is 0.141. The molecule has 0 saturated carbocycles. The first-order chi connectivity index (χ1) is 9.61. The van der Waals surface area contributed by atoms with Crippen molar-refractivity contribution in [3.05, 3.63) is 64.4 Å². The first-order valence-electron chi connectivity index (χ1n) is 6.47. The Kier molecular flexibility index (Phi) is 4.99. The summed E-state index contributed by atoms with van der Waals surface area (Å²) in [6, 6.07) is 11.3. The van der Waals surface area contributed by atoms with Gasteiger partial charge in [0.1, 0.15) is 17.7 Å². The molecule has 1 N–H and O–H groups in total. The van der Waals surface area contributed by atoms with Crippen molar-refractivity contribution >= 4 is 11.6 Å². The lowest BCUT2D eigenvalue weighted by Gasteiger charge is -2.14. The van der Waals surface area contributed by atoms with Crippen LogP contribution in [0.5, 0.6) is 5.75 Å². The van der Waals surface area contributed by atoms with E-state index in [1.807, 2.05) is 13.0 Å². The predicted octanol–water partition coefficient (Wildman–Crippen LogP) is 4.35. The van der Waals surface area contributed by atoms with Crippen molar-refractivity contribution in [3.63, 3.8) is 0 Å². The highest BCUT2D eigenvalue weighted by Gasteiger charge is 2.15. The SMILES string of the molecule is CCCOc1cccc(C(O)c2ccc(Cl)cc2F)c1. The molecule has 0 fully saturated rings. The van der Waals surface area contributed by atoms with Crippen LogP contribution in [0.3, 0.4) is 0 Å². The Hall–Kier alpha value is -1.58. The first kappa shape index (κ1) is 14.8. The molecule has 1 unspecified atom stereocenters. The predicted molar refractivity (Wildman–Crippen MR) is 77.7 cm³/mol. The third kappa shape index (κ3) is 3.50. The molecule has 0 bridgehead atoms. The first-order valence-corrected chi connectivity index (χ1v) is 6.85. The zero-order valence-corrected chi connectivity index (χ0v) is 11.9. The number of halogens is 2. The molecular weight excluding hydrogens is 279 g/mol. The summed E-state index contributed by atoms with van der Waals surface area (Å²) >= 11 is 5.71. The number of aliphatic hydroxyl groups excluding tert-OH is 1. The standard InChI is InChI=1S/C16H16ClFO2/c1-2-8-20-13-5-3-4-11(9-13)16(19)14-7-6-12(17)10-15(14)18/h3-7,9-10,16,19H,2,8H2,1H3. The Labute approximate surface area is 122 Å². The smallest absolute Gasteiger partial charge is 0.130 e. The fraction of sp³-hybridized carbons (Fsp3) is 0.250. The van der Waals surface area contributed by atoms with Gasteiger partial charge in [0.05, 0.1) is 6.61 Å². The summed E-state index contributed by atoms with van der Waals surface area (Å²) in [7, 11) is 0. The lowest BCUT2D eigenvalue weighted by atomic mass is 10.0. The van der Waals surface area contributed by atoms with Gasteiger partial charge in [-0.15, -0.1) is 0 Å². The van der Waals surface area contributed by atoms with Crippen LogP contribution in [0.1, 0.15) is 30.6 Å². The Balaban J connectivity index is 2.26. The minimum atomic E-state index is -1.04. The van der Waals surface area contributed by atoms with Crippen LogP contribution < -0.4 is 4.74 Å². The molecule has 2 nitrogen and oxygen atoms in total. The third-order valence-corrected chi connectivity index (χ3v) is 3.14. The molecule has 1 atom stereocenters. The van der Waals surface area contributed by atoms with E-state index < -0.39 is 11.9 Å². The van der Waals surface area contributed by atoms with Crippen molar-refractivity contribution in [2.75, 3.05) is 6.61 Å². The van der Waals surface area contributed by atoms with E-state index in [1.165, 1.54) is 12.1 Å². The number of ether oxygens (including phenoxy) is 1. The van der Waals surface area contributed by atoms with Gasteiger partial charge in [-0.1, -0.05) is 36.7 Å². The molecule has 0 saturated heterocycles. The van der Waals surface area contributed by atoms with Crippen LogP contribution in [-0.4, -0.2) is 11.7 Å². The molecule has 2 aromatic rings. The number of hydrogen-bond acceptors (Lipinski definition) is 2. The highest BCUT2D eigenvalue weighted by atomic mass is 35.5. The second-order valence-electron chi connectivity index (χ2n) is 4.49. The maximum atomic E-state index is 13.8. The molecule has 2 rings (SSSR count). The van der Waals surface area contributed by atoms with Crippen LogP contribution in [-0.2, 0) is 0 Å². The lowest BCUT2D eigenvalue weighted by molar-refractivity contribution is 0.214. The van der Waals surface area contributed by atoms with Crippen molar-refractivity contribution in [2.24, 2.45) is 0 Å². The van der Waals surface area contributed by atoms with Crippen LogP contribution in [0.15, 0.2) is 42.5 Å². The van der Waals surface area contributed by atoms with Gasteiger partial charge in [0, 0.05) is 10.6 Å². The number of rotatable bonds is 5. The minimum Gasteiger partial charge on any atom is -0.494 e. The van der Waals surface area contributed by atoms with Crippen molar-refractivity contribution in [1.82, 2.24) is 0 Å². The topological polar surface area (TPSA) is 29.5 Å². The Morgan fingerprint density at radius 2 is 2.05 bits per heavy atom. The molecular formula is C16H16ClFO2. The molecule has 0 amide bonds. The van der Waals surface area contributed by atoms with Crippen molar-refractivity contribution in [2.45, 2.75) is 19.4 Å². The Morgan fingerprint density at radius 1 is 1.25 bits per heavy atom. The molecule has 0 aromatic heterocycles. The van der Waals surface area contributed by atoms with Gasteiger partial charge < -0.3 is 9.84 Å². The molecule has 4 heteroatoms. The van der Waals surface area contributed by atoms with Crippen molar-refractivity contribution < 1.29 is 14.2 Å². The van der Waals surface area contributed by atoms with Gasteiger partial charge in [-0.2, -0.15) is 0 Å². The number of benzene rings is 2. The maximum Gasteiger partial charge on any atom is 0.130 e. The van der Waals surface area contributed by atoms with E-state index in [4.69, 9.17) is 16.3 Å². The van der Waals surface area contributed by atoms with Gasteiger partial charge in [-0.25, -0.2) is 4.39 Å². The Bertz CT molecular complexity index is 586. The van der Waals surface area contributed by atoms with Crippen LogP contribution in [0, 0.1) is 5.82 Å². The van der Waals surface area contributed by atoms with E-state index in [0.717, 1.165) is 6.42 Å². The summed E-state index contributed by atoms with van der Waals surface area (Å²) in [6.45, 7) is 2.62. The fourth-order valence-electron chi connectivity index (χ4n) is 1.90. The maximum absolute atomic E-state index is 13.8. The summed E-state index contributed by atoms with van der Waals surface area (Å²) in [6.07, 6.45) is -0.143. The van der Waals surface area contributed by atoms with Crippen LogP contribution in [0.2, 0.25) is 5.02 Å². The zero-order chi connectivity index (χ0) is 14.5. The van der Waals surface area contributed by atoms with Gasteiger partial charge in [0.25, 0.3) is 0 Å². The highest BCUT2D eigenvalue weighted by Crippen LogP contribution is 2.28. The molecule has 0 radical (unpaired) electrons. The molecule has 0 heterocycles. The summed E-state index contributed by atoms with van der Waals surface area (Å²) < 4.78 is 19.3. The third-order valence-electron chi connectivity index (χ3n) is 2.90. The lowest BCUT2D eigenvalue weighted by Crippen LogP contribution is -2.03. The fourth-order valence-corrected chi connectivity index (χ4v) is 2.06. The van der Waals surface area contributed by atoms with E-state index in [2.05, 4.69) is 0 Å². The monoisotopic (exact) mass is 294 g/mol. The summed E-state index contributed by atoms with van der Waals surface area (Å²) in [4.78, 5) is 0. The normalized spacial score (nSPS) is 12.2. The highest BCUT2D eigenvalue weighted by molar-refractivity contribution is 6.30. The quantitative estimate of drug-likeness (QED) is 0.888. The van der Waals surface area contributed by atoms with E-state index in [-0.39, 0.29) is 5.56 Å². The minimum absolute atomic E-state index is 0.196. The Morgan fingerprint density at radius 3 is 2.75 bits per heavy atom. The van der Waals surface area contributed by atoms with Gasteiger partial charge in [0.2, 0.25) is 0 Å². The zero-order valence-electron chi connectivity index (χ0n) is 11.1. The molecule has 0 aliphatic carbocycles. The van der Waals surface area contributed by atoms with Crippen LogP contribution in [0.4, 0.5) is 4.39 Å². The average Bonchev–Trinajstić information content (AvgIpc) is 2.45. The van der Waals surface area contributed by atoms with Crippen LogP contribution >= 0.6 is 11.6 Å². The van der Waals surface area contributed by atoms with Gasteiger partial charge >= 0.3 is 0 Å². The van der Waals surface area contributed by atoms with Gasteiger partial charge in [0.15, 0.2) is 0 Å². The van der Waals surface area contributed by atoms with E-state index in [1.54, 1.807) is 24.3 Å². The number of aliphatic hydroxyl groups is 1. The second-order valence-corrected chi connectivity index (χ2v) is 4.93. The van der Waals surface area contributed by atoms with E-state index >= 15 is 0 Å². The molecule has 0 aliphatic rings. The summed E-state index contributed by atoms with van der Waals surface area (Å²) in [5.41, 5.74) is 0.780. The molecule has 20 heavy (non-hydrogen) atoms. The van der Waals surface area contributed by atoms with E-state index in [9.17, 15) is 9.50 Å². The summed E-state index contributed by atoms with van der Waals surface area (Å²) in [5, 5.41) is 10.6. The largest absolute Gasteiger partial charge is 0.494 e. The van der Waals surface area contributed by atoms with Gasteiger partial charge in [-0.05, 0) is 36.2 Å². The second kappa shape index (κ2) is 6.73. The number of hydrogen-bond donors (Lipinski definition) is 1.